The van der Waals surface area contributed by atoms with E-state index in [2.05, 4.69) is 16.0 Å². The zero-order valence-corrected chi connectivity index (χ0v) is 13.7. The number of fused-ring (bicyclic) bond motifs is 1. The highest BCUT2D eigenvalue weighted by Gasteiger charge is 2.41. The molecule has 126 valence electrons. The number of morpholine rings is 1. The van der Waals surface area contributed by atoms with Gasteiger partial charge in [0.25, 0.3) is 0 Å². The maximum atomic E-state index is 12.3. The molecule has 3 rings (SSSR count). The molecule has 3 heterocycles. The maximum Gasteiger partial charge on any atom is 0.225 e. The van der Waals surface area contributed by atoms with E-state index < -0.39 is 0 Å². The number of pyridine rings is 1. The van der Waals surface area contributed by atoms with Crippen LogP contribution in [0.3, 0.4) is 0 Å². The van der Waals surface area contributed by atoms with E-state index in [9.17, 15) is 4.79 Å². The summed E-state index contributed by atoms with van der Waals surface area (Å²) >= 11 is 0. The zero-order chi connectivity index (χ0) is 16.1. The minimum Gasteiger partial charge on any atom is -0.381 e. The molecule has 1 amide bonds. The van der Waals surface area contributed by atoms with Crippen molar-refractivity contribution < 1.29 is 14.3 Å². The summed E-state index contributed by atoms with van der Waals surface area (Å²) in [6.45, 7) is 7.02. The highest BCUT2D eigenvalue weighted by atomic mass is 16.5. The van der Waals surface area contributed by atoms with Gasteiger partial charge in [0, 0.05) is 45.2 Å². The molecule has 6 heteroatoms. The highest BCUT2D eigenvalue weighted by molar-refractivity contribution is 5.76. The molecule has 23 heavy (non-hydrogen) atoms. The van der Waals surface area contributed by atoms with Crippen LogP contribution in [0, 0.1) is 0 Å². The molecule has 0 radical (unpaired) electrons. The van der Waals surface area contributed by atoms with Gasteiger partial charge in [-0.2, -0.15) is 0 Å². The van der Waals surface area contributed by atoms with Gasteiger partial charge in [0.05, 0.1) is 31.8 Å². The first-order chi connectivity index (χ1) is 11.3. The van der Waals surface area contributed by atoms with Crippen molar-refractivity contribution in [3.8, 4) is 0 Å². The van der Waals surface area contributed by atoms with Crippen LogP contribution in [-0.2, 0) is 20.8 Å². The topological polar surface area (TPSA) is 54.9 Å². The van der Waals surface area contributed by atoms with Gasteiger partial charge >= 0.3 is 0 Å². The van der Waals surface area contributed by atoms with Crippen LogP contribution in [0.25, 0.3) is 0 Å². The molecular weight excluding hydrogens is 294 g/mol. The molecule has 0 saturated carbocycles. The van der Waals surface area contributed by atoms with Gasteiger partial charge in [0.15, 0.2) is 0 Å². The second-order valence-electron chi connectivity index (χ2n) is 6.05. The van der Waals surface area contributed by atoms with Crippen molar-refractivity contribution >= 4 is 5.91 Å². The summed E-state index contributed by atoms with van der Waals surface area (Å²) < 4.78 is 11.2. The molecule has 1 aromatic rings. The first kappa shape index (κ1) is 16.4. The second kappa shape index (κ2) is 7.86. The summed E-state index contributed by atoms with van der Waals surface area (Å²) in [6.07, 6.45) is 4.27. The molecule has 0 aliphatic carbocycles. The summed E-state index contributed by atoms with van der Waals surface area (Å²) in [5.41, 5.74) is 1.20. The van der Waals surface area contributed by atoms with Crippen molar-refractivity contribution in [3.05, 3.63) is 30.1 Å². The summed E-state index contributed by atoms with van der Waals surface area (Å²) in [5.74, 6) is 0.165. The Bertz CT molecular complexity index is 511. The van der Waals surface area contributed by atoms with Crippen molar-refractivity contribution in [2.24, 2.45) is 0 Å². The predicted octanol–water partition coefficient (Wildman–Crippen LogP) is 0.920. The van der Waals surface area contributed by atoms with Crippen LogP contribution in [0.2, 0.25) is 0 Å². The number of carbonyl (C=O) groups excluding carboxylic acids is 1. The van der Waals surface area contributed by atoms with E-state index in [0.29, 0.717) is 26.2 Å². The molecule has 6 nitrogen and oxygen atoms in total. The predicted molar refractivity (Wildman–Crippen MR) is 85.9 cm³/mol. The van der Waals surface area contributed by atoms with Crippen LogP contribution in [0.4, 0.5) is 0 Å². The van der Waals surface area contributed by atoms with Crippen molar-refractivity contribution in [1.82, 2.24) is 14.8 Å². The zero-order valence-electron chi connectivity index (χ0n) is 13.7. The maximum absolute atomic E-state index is 12.3. The Kier molecular flexibility index (Phi) is 5.59. The Balaban J connectivity index is 1.58. The van der Waals surface area contributed by atoms with E-state index in [-0.39, 0.29) is 18.1 Å². The number of rotatable bonds is 6. The Morgan fingerprint density at radius 2 is 2.39 bits per heavy atom. The number of aromatic nitrogens is 1. The third-order valence-electron chi connectivity index (χ3n) is 4.54. The molecule has 0 spiro atoms. The van der Waals surface area contributed by atoms with Crippen LogP contribution in [-0.4, -0.2) is 72.3 Å². The quantitative estimate of drug-likeness (QED) is 0.730. The number of nitrogens with zero attached hydrogens (tertiary/aromatic N) is 3. The minimum atomic E-state index is 0.122. The summed E-state index contributed by atoms with van der Waals surface area (Å²) in [6, 6.07) is 4.34. The minimum absolute atomic E-state index is 0.122. The van der Waals surface area contributed by atoms with Crippen molar-refractivity contribution in [2.75, 3.05) is 39.5 Å². The van der Waals surface area contributed by atoms with E-state index in [4.69, 9.17) is 9.47 Å². The lowest BCUT2D eigenvalue weighted by atomic mass is 10.1. The van der Waals surface area contributed by atoms with Crippen molar-refractivity contribution in [2.45, 2.75) is 32.0 Å². The Morgan fingerprint density at radius 3 is 3.17 bits per heavy atom. The van der Waals surface area contributed by atoms with Crippen LogP contribution in [0.5, 0.6) is 0 Å². The van der Waals surface area contributed by atoms with Crippen LogP contribution in [0.1, 0.15) is 18.9 Å². The van der Waals surface area contributed by atoms with Gasteiger partial charge in [-0.25, -0.2) is 0 Å². The monoisotopic (exact) mass is 319 g/mol. The third kappa shape index (κ3) is 4.07. The average Bonchev–Trinajstić information content (AvgIpc) is 3.01. The molecule has 0 N–H and O–H groups in total. The molecule has 0 bridgehead atoms. The van der Waals surface area contributed by atoms with Crippen molar-refractivity contribution in [1.29, 1.82) is 0 Å². The fourth-order valence-electron chi connectivity index (χ4n) is 3.35. The Labute approximate surface area is 137 Å². The molecule has 0 aromatic carbocycles. The number of ether oxygens (including phenoxy) is 2. The summed E-state index contributed by atoms with van der Waals surface area (Å²) in [4.78, 5) is 20.8. The normalized spacial score (nSPS) is 24.7. The van der Waals surface area contributed by atoms with E-state index in [1.165, 1.54) is 5.56 Å². The lowest BCUT2D eigenvalue weighted by Crippen LogP contribution is -2.50. The first-order valence-corrected chi connectivity index (χ1v) is 8.38. The molecule has 2 aliphatic heterocycles. The summed E-state index contributed by atoms with van der Waals surface area (Å²) in [5, 5.41) is 0. The van der Waals surface area contributed by atoms with Gasteiger partial charge in [-0.3, -0.25) is 14.7 Å². The van der Waals surface area contributed by atoms with Gasteiger partial charge in [-0.05, 0) is 18.6 Å². The summed E-state index contributed by atoms with van der Waals surface area (Å²) in [7, 11) is 0. The second-order valence-corrected chi connectivity index (χ2v) is 6.05. The van der Waals surface area contributed by atoms with Crippen molar-refractivity contribution in [3.63, 3.8) is 0 Å². The van der Waals surface area contributed by atoms with Gasteiger partial charge in [-0.1, -0.05) is 6.07 Å². The molecule has 2 aliphatic rings. The largest absolute Gasteiger partial charge is 0.381 e. The van der Waals surface area contributed by atoms with Gasteiger partial charge < -0.3 is 14.4 Å². The Morgan fingerprint density at radius 1 is 1.48 bits per heavy atom. The van der Waals surface area contributed by atoms with E-state index in [1.54, 1.807) is 6.20 Å². The molecule has 1 aromatic heterocycles. The Hall–Kier alpha value is -1.50. The number of amides is 1. The molecule has 2 fully saturated rings. The smallest absolute Gasteiger partial charge is 0.225 e. The van der Waals surface area contributed by atoms with Crippen LogP contribution in [0.15, 0.2) is 24.5 Å². The standard InChI is InChI=1S/C17H25N3O3/c1-2-22-8-5-17(21)20-12-15-16(13-20)23-9-7-19(15)11-14-4-3-6-18-10-14/h3-4,6,10,15-16H,2,5,7-9,11-13H2,1H3/t15-,16-/m0/s1. The average molecular weight is 319 g/mol. The van der Waals surface area contributed by atoms with Crippen LogP contribution >= 0.6 is 0 Å². The molecule has 0 unspecified atom stereocenters. The van der Waals surface area contributed by atoms with E-state index in [1.807, 2.05) is 24.1 Å². The highest BCUT2D eigenvalue weighted by Crippen LogP contribution is 2.24. The number of hydrogen-bond acceptors (Lipinski definition) is 5. The van der Waals surface area contributed by atoms with Crippen LogP contribution < -0.4 is 0 Å². The number of carbonyl (C=O) groups is 1. The van der Waals surface area contributed by atoms with Gasteiger partial charge in [-0.15, -0.1) is 0 Å². The van der Waals surface area contributed by atoms with E-state index in [0.717, 1.165) is 26.2 Å². The third-order valence-corrected chi connectivity index (χ3v) is 4.54. The molecular formula is C17H25N3O3. The lowest BCUT2D eigenvalue weighted by Gasteiger charge is -2.36. The van der Waals surface area contributed by atoms with Gasteiger partial charge in [0.2, 0.25) is 5.91 Å². The first-order valence-electron chi connectivity index (χ1n) is 8.38. The number of likely N-dealkylation sites (tertiary alicyclic amines) is 1. The lowest BCUT2D eigenvalue weighted by molar-refractivity contribution is -0.131. The number of hydrogen-bond donors (Lipinski definition) is 0. The SMILES string of the molecule is CCOCCC(=O)N1C[C@@H]2OCCN(Cc3cccnc3)[C@H]2C1. The fraction of sp³-hybridized carbons (Fsp3) is 0.647. The molecule has 2 atom stereocenters. The van der Waals surface area contributed by atoms with E-state index >= 15 is 0 Å². The molecule has 2 saturated heterocycles. The fourth-order valence-corrected chi connectivity index (χ4v) is 3.35. The van der Waals surface area contributed by atoms with Gasteiger partial charge in [0.1, 0.15) is 0 Å².